The van der Waals surface area contributed by atoms with Crippen molar-refractivity contribution in [1.82, 2.24) is 0 Å². The van der Waals surface area contributed by atoms with Crippen LogP contribution >= 0.6 is 23.2 Å². The molecule has 0 saturated carbocycles. The van der Waals surface area contributed by atoms with Gasteiger partial charge in [-0.2, -0.15) is 0 Å². The van der Waals surface area contributed by atoms with E-state index in [0.717, 1.165) is 12.0 Å². The van der Waals surface area contributed by atoms with Gasteiger partial charge in [-0.05, 0) is 30.0 Å². The molecular formula is C10H12Cl2O. The first-order valence-corrected chi connectivity index (χ1v) is 4.94. The Labute approximate surface area is 88.3 Å². The molecule has 1 nitrogen and oxygen atoms in total. The maximum Gasteiger partial charge on any atom is 0.0459 e. The van der Waals surface area contributed by atoms with Crippen molar-refractivity contribution >= 4 is 23.2 Å². The number of hydrogen-bond acceptors (Lipinski definition) is 1. The van der Waals surface area contributed by atoms with E-state index in [0.29, 0.717) is 10.0 Å². The molecular weight excluding hydrogens is 207 g/mol. The Morgan fingerprint density at radius 2 is 1.85 bits per heavy atom. The van der Waals surface area contributed by atoms with E-state index in [1.165, 1.54) is 0 Å². The lowest BCUT2D eigenvalue weighted by Gasteiger charge is -2.10. The summed E-state index contributed by atoms with van der Waals surface area (Å²) in [5.74, 6) is 0.192. The minimum Gasteiger partial charge on any atom is -0.396 e. The Morgan fingerprint density at radius 3 is 2.31 bits per heavy atom. The van der Waals surface area contributed by atoms with Crippen LogP contribution < -0.4 is 0 Å². The fourth-order valence-corrected chi connectivity index (χ4v) is 1.69. The summed E-state index contributed by atoms with van der Waals surface area (Å²) in [7, 11) is 0. The molecule has 0 aliphatic rings. The molecule has 0 fully saturated rings. The van der Waals surface area contributed by atoms with Gasteiger partial charge < -0.3 is 5.11 Å². The Kier molecular flexibility index (Phi) is 4.04. The molecule has 0 heterocycles. The molecule has 1 rings (SSSR count). The Bertz CT molecular complexity index is 266. The third-order valence-corrected chi connectivity index (χ3v) is 2.63. The van der Waals surface area contributed by atoms with Crippen LogP contribution in [0.1, 0.15) is 12.5 Å². The highest BCUT2D eigenvalue weighted by molar-refractivity contribution is 6.35. The summed E-state index contributed by atoms with van der Waals surface area (Å²) in [5.41, 5.74) is 0.924. The monoisotopic (exact) mass is 218 g/mol. The zero-order valence-electron chi connectivity index (χ0n) is 7.43. The number of aliphatic hydroxyl groups excluding tert-OH is 1. The second-order valence-electron chi connectivity index (χ2n) is 3.19. The molecule has 1 N–H and O–H groups in total. The Balaban J connectivity index is 2.87. The Hall–Kier alpha value is -0.240. The molecule has 0 bridgehead atoms. The van der Waals surface area contributed by atoms with Gasteiger partial charge in [-0.25, -0.2) is 0 Å². The average Bonchev–Trinajstić information content (AvgIpc) is 2.11. The molecule has 0 aromatic heterocycles. The van der Waals surface area contributed by atoms with Gasteiger partial charge in [0.2, 0.25) is 0 Å². The quantitative estimate of drug-likeness (QED) is 0.827. The molecule has 0 amide bonds. The Morgan fingerprint density at radius 1 is 1.31 bits per heavy atom. The molecule has 0 aliphatic heterocycles. The fourth-order valence-electron chi connectivity index (χ4n) is 1.14. The molecule has 3 heteroatoms. The predicted octanol–water partition coefficient (Wildman–Crippen LogP) is 3.16. The van der Waals surface area contributed by atoms with Crippen LogP contribution in [0, 0.1) is 5.92 Å². The molecule has 72 valence electrons. The topological polar surface area (TPSA) is 20.2 Å². The van der Waals surface area contributed by atoms with Gasteiger partial charge in [0.25, 0.3) is 0 Å². The minimum atomic E-state index is 0.154. The maximum absolute atomic E-state index is 8.89. The van der Waals surface area contributed by atoms with E-state index in [1.807, 2.05) is 25.1 Å². The van der Waals surface area contributed by atoms with Crippen LogP contribution in [0.5, 0.6) is 0 Å². The van der Waals surface area contributed by atoms with Crippen molar-refractivity contribution in [1.29, 1.82) is 0 Å². The smallest absolute Gasteiger partial charge is 0.0459 e. The highest BCUT2D eigenvalue weighted by Gasteiger charge is 2.08. The van der Waals surface area contributed by atoms with E-state index in [4.69, 9.17) is 28.3 Å². The van der Waals surface area contributed by atoms with Crippen molar-refractivity contribution in [2.75, 3.05) is 6.61 Å². The highest BCUT2D eigenvalue weighted by atomic mass is 35.5. The van der Waals surface area contributed by atoms with E-state index in [2.05, 4.69) is 0 Å². The second-order valence-corrected chi connectivity index (χ2v) is 4.01. The third kappa shape index (κ3) is 2.87. The lowest BCUT2D eigenvalue weighted by atomic mass is 10.0. The molecule has 1 aromatic rings. The molecule has 0 spiro atoms. The van der Waals surface area contributed by atoms with Crippen LogP contribution in [-0.2, 0) is 6.42 Å². The summed E-state index contributed by atoms with van der Waals surface area (Å²) in [6.07, 6.45) is 0.717. The average molecular weight is 219 g/mol. The van der Waals surface area contributed by atoms with Gasteiger partial charge in [-0.15, -0.1) is 0 Å². The van der Waals surface area contributed by atoms with Crippen molar-refractivity contribution < 1.29 is 5.11 Å². The summed E-state index contributed by atoms with van der Waals surface area (Å²) in [6.45, 7) is 2.11. The fraction of sp³-hybridized carbons (Fsp3) is 0.400. The molecule has 0 unspecified atom stereocenters. The van der Waals surface area contributed by atoms with E-state index in [1.54, 1.807) is 0 Å². The molecule has 1 atom stereocenters. The molecule has 0 radical (unpaired) electrons. The summed E-state index contributed by atoms with van der Waals surface area (Å²) in [5, 5.41) is 10.2. The third-order valence-electron chi connectivity index (χ3n) is 1.93. The van der Waals surface area contributed by atoms with Gasteiger partial charge in [0.1, 0.15) is 0 Å². The zero-order valence-corrected chi connectivity index (χ0v) is 8.94. The first-order chi connectivity index (χ1) is 6.15. The highest BCUT2D eigenvalue weighted by Crippen LogP contribution is 2.26. The van der Waals surface area contributed by atoms with E-state index in [-0.39, 0.29) is 12.5 Å². The van der Waals surface area contributed by atoms with E-state index < -0.39 is 0 Å². The van der Waals surface area contributed by atoms with Gasteiger partial charge in [-0.1, -0.05) is 36.2 Å². The van der Waals surface area contributed by atoms with E-state index >= 15 is 0 Å². The van der Waals surface area contributed by atoms with Crippen molar-refractivity contribution in [2.45, 2.75) is 13.3 Å². The van der Waals surface area contributed by atoms with Gasteiger partial charge in [0.05, 0.1) is 0 Å². The van der Waals surface area contributed by atoms with E-state index in [9.17, 15) is 0 Å². The predicted molar refractivity (Wildman–Crippen MR) is 56.4 cm³/mol. The lowest BCUT2D eigenvalue weighted by molar-refractivity contribution is 0.237. The van der Waals surface area contributed by atoms with Crippen LogP contribution in [0.25, 0.3) is 0 Å². The normalized spacial score (nSPS) is 12.9. The van der Waals surface area contributed by atoms with Gasteiger partial charge in [0.15, 0.2) is 0 Å². The number of rotatable bonds is 3. The summed E-state index contributed by atoms with van der Waals surface area (Å²) in [6, 6.07) is 5.44. The van der Waals surface area contributed by atoms with Crippen molar-refractivity contribution in [2.24, 2.45) is 5.92 Å². The number of halogens is 2. The lowest BCUT2D eigenvalue weighted by Crippen LogP contribution is -2.05. The molecule has 0 aliphatic carbocycles. The van der Waals surface area contributed by atoms with Gasteiger partial charge in [0, 0.05) is 16.7 Å². The molecule has 1 aromatic carbocycles. The molecule has 13 heavy (non-hydrogen) atoms. The zero-order chi connectivity index (χ0) is 9.84. The van der Waals surface area contributed by atoms with Crippen molar-refractivity contribution in [3.63, 3.8) is 0 Å². The van der Waals surface area contributed by atoms with Crippen molar-refractivity contribution in [3.05, 3.63) is 33.8 Å². The van der Waals surface area contributed by atoms with Crippen LogP contribution in [-0.4, -0.2) is 11.7 Å². The van der Waals surface area contributed by atoms with Crippen LogP contribution in [0.4, 0.5) is 0 Å². The molecule has 0 saturated heterocycles. The largest absolute Gasteiger partial charge is 0.396 e. The second kappa shape index (κ2) is 4.85. The first-order valence-electron chi connectivity index (χ1n) is 4.19. The summed E-state index contributed by atoms with van der Waals surface area (Å²) >= 11 is 11.9. The van der Waals surface area contributed by atoms with Crippen molar-refractivity contribution in [3.8, 4) is 0 Å². The van der Waals surface area contributed by atoms with Crippen LogP contribution in [0.15, 0.2) is 18.2 Å². The number of aliphatic hydroxyl groups is 1. The van der Waals surface area contributed by atoms with Gasteiger partial charge >= 0.3 is 0 Å². The minimum absolute atomic E-state index is 0.154. The first kappa shape index (κ1) is 10.8. The number of benzene rings is 1. The van der Waals surface area contributed by atoms with Crippen LogP contribution in [0.3, 0.4) is 0 Å². The standard InChI is InChI=1S/C10H12Cl2O/c1-7(6-13)5-8-9(11)3-2-4-10(8)12/h2-4,7,13H,5-6H2,1H3/t7-/m1/s1. The maximum atomic E-state index is 8.89. The van der Waals surface area contributed by atoms with Gasteiger partial charge in [-0.3, -0.25) is 0 Å². The summed E-state index contributed by atoms with van der Waals surface area (Å²) in [4.78, 5) is 0. The SMILES string of the molecule is C[C@@H](CO)Cc1c(Cl)cccc1Cl. The van der Waals surface area contributed by atoms with Crippen LogP contribution in [0.2, 0.25) is 10.0 Å². The number of hydrogen-bond donors (Lipinski definition) is 1. The summed E-state index contributed by atoms with van der Waals surface area (Å²) < 4.78 is 0.